The highest BCUT2D eigenvalue weighted by atomic mass is 31.1. The van der Waals surface area contributed by atoms with Crippen LogP contribution in [0.15, 0.2) is 158 Å². The van der Waals surface area contributed by atoms with E-state index in [0.29, 0.717) is 0 Å². The van der Waals surface area contributed by atoms with Gasteiger partial charge >= 0.3 is 0 Å². The van der Waals surface area contributed by atoms with Gasteiger partial charge in [-0.3, -0.25) is 0 Å². The maximum atomic E-state index is 2.43. The Morgan fingerprint density at radius 2 is 0.921 bits per heavy atom. The third-order valence-corrected chi connectivity index (χ3v) is 9.67. The number of rotatable bonds is 5. The van der Waals surface area contributed by atoms with E-state index in [4.69, 9.17) is 0 Å². The van der Waals surface area contributed by atoms with Gasteiger partial charge in [-0.25, -0.2) is 0 Å². The number of aromatic nitrogens is 1. The lowest BCUT2D eigenvalue weighted by molar-refractivity contribution is 1.18. The third kappa shape index (κ3) is 3.84. The molecule has 38 heavy (non-hydrogen) atoms. The van der Waals surface area contributed by atoms with Crippen LogP contribution in [0.3, 0.4) is 0 Å². The van der Waals surface area contributed by atoms with Crippen LogP contribution < -0.4 is 15.9 Å². The monoisotopic (exact) mass is 503 g/mol. The fourth-order valence-electron chi connectivity index (χ4n) is 5.56. The molecule has 1 heterocycles. The summed E-state index contributed by atoms with van der Waals surface area (Å²) in [6.07, 6.45) is 0. The number of fused-ring (bicyclic) bond motifs is 3. The molecule has 1 aromatic heterocycles. The maximum absolute atomic E-state index is 2.43. The summed E-state index contributed by atoms with van der Waals surface area (Å²) in [5, 5.41) is 6.64. The summed E-state index contributed by atoms with van der Waals surface area (Å²) in [6.45, 7) is 0. The van der Waals surface area contributed by atoms with Crippen molar-refractivity contribution >= 4 is 45.6 Å². The first-order valence-corrected chi connectivity index (χ1v) is 14.3. The molecular weight excluding hydrogens is 477 g/mol. The van der Waals surface area contributed by atoms with Crippen molar-refractivity contribution in [3.05, 3.63) is 158 Å². The van der Waals surface area contributed by atoms with Gasteiger partial charge in [-0.1, -0.05) is 140 Å². The van der Waals surface area contributed by atoms with Gasteiger partial charge in [-0.2, -0.15) is 0 Å². The molecule has 0 amide bonds. The van der Waals surface area contributed by atoms with E-state index in [9.17, 15) is 0 Å². The smallest absolute Gasteiger partial charge is 0.0619 e. The minimum absolute atomic E-state index is 0.743. The normalized spacial score (nSPS) is 11.4. The number of hydrogen-bond acceptors (Lipinski definition) is 0. The second kappa shape index (κ2) is 9.78. The largest absolute Gasteiger partial charge is 0.309 e. The predicted octanol–water partition coefficient (Wildman–Crippen LogP) is 8.21. The Kier molecular flexibility index (Phi) is 5.85. The van der Waals surface area contributed by atoms with E-state index >= 15 is 0 Å². The summed E-state index contributed by atoms with van der Waals surface area (Å²) in [4.78, 5) is 0. The van der Waals surface area contributed by atoms with E-state index in [0.717, 1.165) is 0 Å². The lowest BCUT2D eigenvalue weighted by Gasteiger charge is -2.23. The molecule has 0 unspecified atom stereocenters. The Bertz CT molecular complexity index is 1820. The lowest BCUT2D eigenvalue weighted by atomic mass is 10.0. The van der Waals surface area contributed by atoms with E-state index in [1.54, 1.807) is 0 Å². The second-order valence-corrected chi connectivity index (χ2v) is 11.6. The summed E-state index contributed by atoms with van der Waals surface area (Å²) in [5.74, 6) is 0. The molecule has 0 aliphatic carbocycles. The van der Waals surface area contributed by atoms with Gasteiger partial charge in [0, 0.05) is 22.0 Å². The van der Waals surface area contributed by atoms with Gasteiger partial charge < -0.3 is 4.57 Å². The molecule has 0 N–H and O–H groups in total. The molecule has 0 atom stereocenters. The van der Waals surface area contributed by atoms with Crippen LogP contribution in [0.25, 0.3) is 38.6 Å². The first-order chi connectivity index (χ1) is 18.9. The standard InChI is InChI=1S/C36H26NP/c1-4-15-27(16-5-1)37-34-25-12-10-21-30(34)32-23-14-24-33(36(32)37)31-22-11-13-26-35(31)38(28-17-6-2-7-18-28)29-19-8-3-9-20-29/h1-26H. The zero-order valence-corrected chi connectivity index (χ0v) is 21.8. The van der Waals surface area contributed by atoms with Crippen LogP contribution in [0.2, 0.25) is 0 Å². The maximum Gasteiger partial charge on any atom is 0.0619 e. The van der Waals surface area contributed by atoms with E-state index in [1.807, 2.05) is 0 Å². The number of para-hydroxylation sites is 3. The van der Waals surface area contributed by atoms with Gasteiger partial charge in [0.25, 0.3) is 0 Å². The van der Waals surface area contributed by atoms with Crippen molar-refractivity contribution in [2.24, 2.45) is 0 Å². The summed E-state index contributed by atoms with van der Waals surface area (Å²) >= 11 is 0. The Labute approximate surface area is 224 Å². The molecule has 0 aliphatic rings. The highest BCUT2D eigenvalue weighted by Crippen LogP contribution is 2.41. The topological polar surface area (TPSA) is 4.93 Å². The van der Waals surface area contributed by atoms with Crippen LogP contribution >= 0.6 is 7.92 Å². The minimum atomic E-state index is -0.743. The average molecular weight is 504 g/mol. The first-order valence-electron chi connectivity index (χ1n) is 13.0. The summed E-state index contributed by atoms with van der Waals surface area (Å²) in [5.41, 5.74) is 6.21. The van der Waals surface area contributed by atoms with E-state index in [1.165, 1.54) is 54.5 Å². The number of hydrogen-bond donors (Lipinski definition) is 0. The van der Waals surface area contributed by atoms with E-state index < -0.39 is 7.92 Å². The Morgan fingerprint density at radius 1 is 0.395 bits per heavy atom. The highest BCUT2D eigenvalue weighted by molar-refractivity contribution is 7.80. The lowest BCUT2D eigenvalue weighted by Crippen LogP contribution is -2.22. The molecule has 0 saturated heterocycles. The Hall–Kier alpha value is -4.45. The molecule has 6 aromatic carbocycles. The molecule has 0 spiro atoms. The van der Waals surface area contributed by atoms with Crippen molar-refractivity contribution in [1.82, 2.24) is 4.57 Å². The molecular formula is C36H26NP. The van der Waals surface area contributed by atoms with Gasteiger partial charge in [0.15, 0.2) is 0 Å². The van der Waals surface area contributed by atoms with Crippen LogP contribution in [0.1, 0.15) is 0 Å². The summed E-state index contributed by atoms with van der Waals surface area (Å²) < 4.78 is 2.43. The number of benzene rings is 6. The molecule has 0 fully saturated rings. The Balaban J connectivity index is 1.56. The fraction of sp³-hybridized carbons (Fsp3) is 0. The predicted molar refractivity (Wildman–Crippen MR) is 165 cm³/mol. The van der Waals surface area contributed by atoms with Gasteiger partial charge in [-0.15, -0.1) is 0 Å². The Morgan fingerprint density at radius 3 is 1.63 bits per heavy atom. The molecule has 0 bridgehead atoms. The van der Waals surface area contributed by atoms with Crippen molar-refractivity contribution in [2.45, 2.75) is 0 Å². The van der Waals surface area contributed by atoms with Crippen LogP contribution in [-0.4, -0.2) is 4.57 Å². The zero-order chi connectivity index (χ0) is 25.3. The van der Waals surface area contributed by atoms with Crippen molar-refractivity contribution in [3.63, 3.8) is 0 Å². The molecule has 1 nitrogen and oxygen atoms in total. The SMILES string of the molecule is c1ccc(-n2c3ccccc3c3cccc(-c4ccccc4P(c4ccccc4)c4ccccc4)c32)cc1. The second-order valence-electron chi connectivity index (χ2n) is 9.41. The third-order valence-electron chi connectivity index (χ3n) is 7.17. The van der Waals surface area contributed by atoms with E-state index in [-0.39, 0.29) is 0 Å². The number of nitrogens with zero attached hydrogens (tertiary/aromatic N) is 1. The van der Waals surface area contributed by atoms with Gasteiger partial charge in [-0.05, 0) is 47.6 Å². The summed E-state index contributed by atoms with van der Waals surface area (Å²) in [6, 6.07) is 57.2. The van der Waals surface area contributed by atoms with Crippen LogP contribution in [-0.2, 0) is 0 Å². The van der Waals surface area contributed by atoms with Crippen molar-refractivity contribution < 1.29 is 0 Å². The average Bonchev–Trinajstić information content (AvgIpc) is 3.34. The summed E-state index contributed by atoms with van der Waals surface area (Å²) in [7, 11) is -0.743. The quantitative estimate of drug-likeness (QED) is 0.209. The van der Waals surface area contributed by atoms with Crippen LogP contribution in [0.5, 0.6) is 0 Å². The molecule has 7 aromatic rings. The molecule has 0 saturated carbocycles. The van der Waals surface area contributed by atoms with Crippen molar-refractivity contribution in [2.75, 3.05) is 0 Å². The molecule has 180 valence electrons. The van der Waals surface area contributed by atoms with Crippen molar-refractivity contribution in [3.8, 4) is 16.8 Å². The molecule has 0 radical (unpaired) electrons. The highest BCUT2D eigenvalue weighted by Gasteiger charge is 2.23. The van der Waals surface area contributed by atoms with Gasteiger partial charge in [0.2, 0.25) is 0 Å². The molecule has 0 aliphatic heterocycles. The molecule has 2 heteroatoms. The first kappa shape index (κ1) is 22.7. The van der Waals surface area contributed by atoms with Gasteiger partial charge in [0.05, 0.1) is 11.0 Å². The fourth-order valence-corrected chi connectivity index (χ4v) is 8.03. The van der Waals surface area contributed by atoms with Gasteiger partial charge in [0.1, 0.15) is 0 Å². The van der Waals surface area contributed by atoms with Crippen molar-refractivity contribution in [1.29, 1.82) is 0 Å². The zero-order valence-electron chi connectivity index (χ0n) is 20.9. The van der Waals surface area contributed by atoms with Crippen LogP contribution in [0, 0.1) is 0 Å². The van der Waals surface area contributed by atoms with Crippen LogP contribution in [0.4, 0.5) is 0 Å². The molecule has 7 rings (SSSR count). The van der Waals surface area contributed by atoms with E-state index in [2.05, 4.69) is 162 Å². The minimum Gasteiger partial charge on any atom is -0.309 e.